The Labute approximate surface area is 153 Å². The van der Waals surface area contributed by atoms with E-state index in [9.17, 15) is 0 Å². The van der Waals surface area contributed by atoms with Crippen molar-refractivity contribution in [1.29, 1.82) is 0 Å². The van der Waals surface area contributed by atoms with Gasteiger partial charge in [0.25, 0.3) is 0 Å². The Morgan fingerprint density at radius 3 is 2.79 bits per heavy atom. The average molecular weight is 367 g/mol. The molecular weight excluding hydrogens is 340 g/mol. The molecule has 0 radical (unpaired) electrons. The number of thiocarbonyl (C=S) groups is 1. The maximum atomic E-state index is 5.54. The molecule has 0 saturated carbocycles. The summed E-state index contributed by atoms with van der Waals surface area (Å²) in [4.78, 5) is 4.22. The quantitative estimate of drug-likeness (QED) is 0.497. The van der Waals surface area contributed by atoms with Gasteiger partial charge in [0.1, 0.15) is 17.3 Å². The first-order valence-electron chi connectivity index (χ1n) is 8.27. The number of furan rings is 1. The maximum absolute atomic E-state index is 5.54. The van der Waals surface area contributed by atoms with Gasteiger partial charge in [-0.1, -0.05) is 0 Å². The lowest BCUT2D eigenvalue weighted by Gasteiger charge is -2.10. The minimum atomic E-state index is 0.739. The summed E-state index contributed by atoms with van der Waals surface area (Å²) in [5, 5.41) is 7.24. The normalized spacial score (nSPS) is 10.8. The minimum Gasteiger partial charge on any atom is -0.466 e. The minimum absolute atomic E-state index is 0.739. The van der Waals surface area contributed by atoms with Crippen LogP contribution in [0.15, 0.2) is 28.9 Å². The summed E-state index contributed by atoms with van der Waals surface area (Å²) in [6.07, 6.45) is 6.08. The molecule has 0 amide bonds. The van der Waals surface area contributed by atoms with E-state index in [-0.39, 0.29) is 0 Å². The van der Waals surface area contributed by atoms with Gasteiger partial charge in [0.05, 0.1) is 5.75 Å². The van der Waals surface area contributed by atoms with Crippen molar-refractivity contribution in [2.45, 2.75) is 39.0 Å². The van der Waals surface area contributed by atoms with E-state index in [0.717, 1.165) is 66.4 Å². The number of aromatic nitrogens is 2. The van der Waals surface area contributed by atoms with Gasteiger partial charge >= 0.3 is 0 Å². The van der Waals surface area contributed by atoms with E-state index in [1.165, 1.54) is 0 Å². The second kappa shape index (κ2) is 10.4. The van der Waals surface area contributed by atoms with Crippen LogP contribution >= 0.6 is 24.0 Å². The molecule has 0 aromatic carbocycles. The summed E-state index contributed by atoms with van der Waals surface area (Å²) in [5.74, 6) is 4.98. The summed E-state index contributed by atoms with van der Waals surface area (Å²) in [7, 11) is 0. The van der Waals surface area contributed by atoms with Crippen molar-refractivity contribution >= 4 is 29.1 Å². The van der Waals surface area contributed by atoms with Crippen LogP contribution in [0.1, 0.15) is 30.2 Å². The molecule has 24 heavy (non-hydrogen) atoms. The molecule has 2 aromatic rings. The fourth-order valence-electron chi connectivity index (χ4n) is 2.28. The second-order valence-corrected chi connectivity index (χ2v) is 7.14. The van der Waals surface area contributed by atoms with Gasteiger partial charge in [-0.05, 0) is 51.0 Å². The number of rotatable bonds is 10. The molecule has 2 rings (SSSR count). The smallest absolute Gasteiger partial charge is 0.166 e. The van der Waals surface area contributed by atoms with Crippen LogP contribution in [-0.4, -0.2) is 33.5 Å². The SMILES string of the molecule is Cc1ccc(CSCCNC(=S)NCCCCn2ccnc2C)o1. The standard InChI is InChI=1S/C17H26N4OS2/c1-14-5-6-16(22-14)13-24-12-9-20-17(23)19-7-3-4-10-21-11-8-18-15(21)2/h5-6,8,11H,3-4,7,9-10,12-13H2,1-2H3,(H2,19,20,23). The number of nitrogens with one attached hydrogen (secondary N) is 2. The molecular formula is C17H26N4OS2. The fourth-order valence-corrected chi connectivity index (χ4v) is 3.23. The highest BCUT2D eigenvalue weighted by Gasteiger charge is 2.00. The molecule has 132 valence electrons. The maximum Gasteiger partial charge on any atom is 0.166 e. The first-order valence-corrected chi connectivity index (χ1v) is 9.84. The zero-order valence-corrected chi connectivity index (χ0v) is 16.0. The van der Waals surface area contributed by atoms with Crippen LogP contribution in [0.4, 0.5) is 0 Å². The number of hydrogen-bond acceptors (Lipinski definition) is 4. The average Bonchev–Trinajstić information content (AvgIpc) is 3.15. The van der Waals surface area contributed by atoms with Crippen LogP contribution in [0, 0.1) is 13.8 Å². The number of nitrogens with zero attached hydrogens (tertiary/aromatic N) is 2. The molecule has 0 atom stereocenters. The highest BCUT2D eigenvalue weighted by molar-refractivity contribution is 7.98. The van der Waals surface area contributed by atoms with Gasteiger partial charge in [0.2, 0.25) is 0 Å². The fraction of sp³-hybridized carbons (Fsp3) is 0.529. The predicted molar refractivity (Wildman–Crippen MR) is 104 cm³/mol. The summed E-state index contributed by atoms with van der Waals surface area (Å²) in [6, 6.07) is 4.04. The van der Waals surface area contributed by atoms with Crippen molar-refractivity contribution in [2.75, 3.05) is 18.8 Å². The van der Waals surface area contributed by atoms with Crippen molar-refractivity contribution in [3.8, 4) is 0 Å². The number of aryl methyl sites for hydroxylation is 3. The number of unbranched alkanes of at least 4 members (excludes halogenated alkanes) is 1. The molecule has 0 aliphatic heterocycles. The third-order valence-corrected chi connectivity index (χ3v) is 4.88. The molecule has 2 N–H and O–H groups in total. The molecule has 0 fully saturated rings. The molecule has 0 spiro atoms. The molecule has 2 heterocycles. The van der Waals surface area contributed by atoms with Crippen LogP contribution in [0.2, 0.25) is 0 Å². The van der Waals surface area contributed by atoms with E-state index in [2.05, 4.69) is 20.2 Å². The Balaban J connectivity index is 1.43. The molecule has 0 aliphatic carbocycles. The molecule has 0 bridgehead atoms. The highest BCUT2D eigenvalue weighted by Crippen LogP contribution is 2.14. The summed E-state index contributed by atoms with van der Waals surface area (Å²) in [6.45, 7) is 6.78. The van der Waals surface area contributed by atoms with E-state index < -0.39 is 0 Å². The Morgan fingerprint density at radius 2 is 2.08 bits per heavy atom. The summed E-state index contributed by atoms with van der Waals surface area (Å²) in [5.41, 5.74) is 0. The van der Waals surface area contributed by atoms with E-state index in [4.69, 9.17) is 16.6 Å². The highest BCUT2D eigenvalue weighted by atomic mass is 32.2. The zero-order valence-electron chi connectivity index (χ0n) is 14.4. The van der Waals surface area contributed by atoms with E-state index in [0.29, 0.717) is 0 Å². The van der Waals surface area contributed by atoms with Crippen LogP contribution in [0.5, 0.6) is 0 Å². The predicted octanol–water partition coefficient (Wildman–Crippen LogP) is 3.27. The van der Waals surface area contributed by atoms with Gasteiger partial charge in [-0.25, -0.2) is 4.98 Å². The monoisotopic (exact) mass is 366 g/mol. The molecule has 2 aromatic heterocycles. The molecule has 0 saturated heterocycles. The number of hydrogen-bond donors (Lipinski definition) is 2. The lowest BCUT2D eigenvalue weighted by Crippen LogP contribution is -2.36. The first kappa shape index (κ1) is 18.9. The van der Waals surface area contributed by atoms with Crippen LogP contribution in [0.25, 0.3) is 0 Å². The van der Waals surface area contributed by atoms with Crippen molar-refractivity contribution in [3.63, 3.8) is 0 Å². The third-order valence-electron chi connectivity index (χ3n) is 3.61. The van der Waals surface area contributed by atoms with E-state index in [1.807, 2.05) is 50.1 Å². The van der Waals surface area contributed by atoms with Gasteiger partial charge in [-0.2, -0.15) is 11.8 Å². The molecule has 0 aliphatic rings. The Bertz CT molecular complexity index is 624. The third kappa shape index (κ3) is 6.97. The van der Waals surface area contributed by atoms with Gasteiger partial charge in [0, 0.05) is 37.8 Å². The lowest BCUT2D eigenvalue weighted by atomic mass is 10.3. The Kier molecular flexibility index (Phi) is 8.18. The van der Waals surface area contributed by atoms with Gasteiger partial charge in [-0.15, -0.1) is 0 Å². The lowest BCUT2D eigenvalue weighted by molar-refractivity contribution is 0.501. The summed E-state index contributed by atoms with van der Waals surface area (Å²) < 4.78 is 7.71. The molecule has 7 heteroatoms. The Morgan fingerprint density at radius 1 is 1.25 bits per heavy atom. The van der Waals surface area contributed by atoms with Crippen molar-refractivity contribution in [1.82, 2.24) is 20.2 Å². The van der Waals surface area contributed by atoms with Gasteiger partial charge in [-0.3, -0.25) is 0 Å². The Hall–Kier alpha value is -1.47. The van der Waals surface area contributed by atoms with Crippen LogP contribution < -0.4 is 10.6 Å². The zero-order chi connectivity index (χ0) is 17.2. The topological polar surface area (TPSA) is 55.0 Å². The van der Waals surface area contributed by atoms with Crippen molar-refractivity contribution in [2.24, 2.45) is 0 Å². The van der Waals surface area contributed by atoms with Crippen molar-refractivity contribution in [3.05, 3.63) is 41.9 Å². The molecule has 5 nitrogen and oxygen atoms in total. The second-order valence-electron chi connectivity index (χ2n) is 5.62. The van der Waals surface area contributed by atoms with Gasteiger partial charge < -0.3 is 19.6 Å². The van der Waals surface area contributed by atoms with Crippen LogP contribution in [-0.2, 0) is 12.3 Å². The number of imidazole rings is 1. The first-order chi connectivity index (χ1) is 11.6. The number of thioether (sulfide) groups is 1. The molecule has 0 unspecified atom stereocenters. The van der Waals surface area contributed by atoms with Crippen molar-refractivity contribution < 1.29 is 4.42 Å². The van der Waals surface area contributed by atoms with Crippen LogP contribution in [0.3, 0.4) is 0 Å². The largest absolute Gasteiger partial charge is 0.466 e. The van der Waals surface area contributed by atoms with Gasteiger partial charge in [0.15, 0.2) is 5.11 Å². The summed E-state index contributed by atoms with van der Waals surface area (Å²) >= 11 is 7.13. The van der Waals surface area contributed by atoms with E-state index >= 15 is 0 Å². The van der Waals surface area contributed by atoms with E-state index in [1.54, 1.807) is 0 Å².